The summed E-state index contributed by atoms with van der Waals surface area (Å²) in [6.45, 7) is 1.44. The predicted molar refractivity (Wildman–Crippen MR) is 239 cm³/mol. The highest BCUT2D eigenvalue weighted by molar-refractivity contribution is 6.24. The Balaban J connectivity index is 1.27. The molecule has 2 saturated heterocycles. The molecule has 64 heavy (non-hydrogen) atoms. The number of urea groups is 1. The third-order valence-corrected chi connectivity index (χ3v) is 12.7. The van der Waals surface area contributed by atoms with Crippen LogP contribution in [0.4, 0.5) is 10.5 Å². The van der Waals surface area contributed by atoms with E-state index in [-0.39, 0.29) is 25.4 Å². The van der Waals surface area contributed by atoms with Crippen LogP contribution in [0.5, 0.6) is 5.75 Å². The van der Waals surface area contributed by atoms with Gasteiger partial charge in [-0.25, -0.2) is 9.69 Å². The number of fused-ring (bicyclic) bond motifs is 3. The molecular weight excluding hydrogens is 809 g/mol. The summed E-state index contributed by atoms with van der Waals surface area (Å²) in [5.41, 5.74) is 2.12. The van der Waals surface area contributed by atoms with Gasteiger partial charge in [-0.1, -0.05) is 152 Å². The highest BCUT2D eigenvalue weighted by Gasteiger charge is 2.75. The summed E-state index contributed by atoms with van der Waals surface area (Å²) in [5, 5.41) is 26.9. The van der Waals surface area contributed by atoms with Crippen LogP contribution in [-0.4, -0.2) is 64.7 Å². The lowest BCUT2D eigenvalue weighted by Crippen LogP contribution is -2.56. The van der Waals surface area contributed by atoms with Crippen LogP contribution in [0.25, 0.3) is 0 Å². The monoisotopic (exact) mass is 856 g/mol. The SMILES string of the molecule is C[C@@H](NC(=O)N1C(=O)[C@@]2(c3ccccc31)[C@H](c1ccc(OCCO)cc1)N1[C@H](c3ccccc3)[C@H](c3ccccc3)OC(=O)[C@H]1[C@@H]2C(=O)NC[C@H](O)c1ccccc1)c1ccccc1. The topological polar surface area (TPSA) is 158 Å². The van der Waals surface area contributed by atoms with E-state index in [0.717, 1.165) is 16.0 Å². The van der Waals surface area contributed by atoms with E-state index in [1.165, 1.54) is 0 Å². The van der Waals surface area contributed by atoms with Crippen molar-refractivity contribution in [3.05, 3.63) is 203 Å². The molecule has 6 aromatic carbocycles. The number of nitrogens with one attached hydrogen (secondary N) is 2. The number of imide groups is 1. The fraction of sp³-hybridized carbons (Fsp3) is 0.231. The summed E-state index contributed by atoms with van der Waals surface area (Å²) in [7, 11) is 0. The first-order chi connectivity index (χ1) is 31.2. The number of cyclic esters (lactones) is 1. The van der Waals surface area contributed by atoms with Gasteiger partial charge in [0.1, 0.15) is 29.9 Å². The van der Waals surface area contributed by atoms with E-state index in [0.29, 0.717) is 28.0 Å². The Bertz CT molecular complexity index is 2620. The largest absolute Gasteiger partial charge is 0.491 e. The first kappa shape index (κ1) is 42.2. The minimum atomic E-state index is -1.94. The summed E-state index contributed by atoms with van der Waals surface area (Å²) < 4.78 is 12.3. The second kappa shape index (κ2) is 17.9. The molecule has 0 aromatic heterocycles. The number of aliphatic hydroxyl groups excluding tert-OH is 2. The lowest BCUT2D eigenvalue weighted by atomic mass is 9.65. The van der Waals surface area contributed by atoms with Crippen molar-refractivity contribution in [1.82, 2.24) is 15.5 Å². The van der Waals surface area contributed by atoms with Gasteiger partial charge in [0.05, 0.1) is 42.4 Å². The molecule has 3 aliphatic rings. The average Bonchev–Trinajstić information content (AvgIpc) is 3.80. The van der Waals surface area contributed by atoms with E-state index in [9.17, 15) is 15.0 Å². The van der Waals surface area contributed by atoms with Gasteiger partial charge < -0.3 is 30.3 Å². The molecule has 0 bridgehead atoms. The van der Waals surface area contributed by atoms with Crippen LogP contribution in [-0.2, 0) is 24.5 Å². The first-order valence-electron chi connectivity index (χ1n) is 21.5. The van der Waals surface area contributed by atoms with E-state index in [4.69, 9.17) is 9.47 Å². The number of para-hydroxylation sites is 1. The van der Waals surface area contributed by atoms with E-state index >= 15 is 14.4 Å². The number of hydrogen-bond donors (Lipinski definition) is 4. The van der Waals surface area contributed by atoms with Gasteiger partial charge in [0.2, 0.25) is 11.8 Å². The number of carbonyl (C=O) groups excluding carboxylic acids is 4. The molecule has 0 unspecified atom stereocenters. The number of rotatable bonds is 12. The van der Waals surface area contributed by atoms with Gasteiger partial charge in [0, 0.05) is 6.54 Å². The molecule has 9 rings (SSSR count). The second-order valence-corrected chi connectivity index (χ2v) is 16.3. The summed E-state index contributed by atoms with van der Waals surface area (Å²) in [4.78, 5) is 64.8. The maximum absolute atomic E-state index is 16.3. The molecule has 12 heteroatoms. The lowest BCUT2D eigenvalue weighted by molar-refractivity contribution is -0.178. The van der Waals surface area contributed by atoms with Crippen molar-refractivity contribution in [1.29, 1.82) is 0 Å². The van der Waals surface area contributed by atoms with E-state index in [2.05, 4.69) is 10.6 Å². The molecule has 324 valence electrons. The molecule has 1 spiro atoms. The quantitative estimate of drug-likeness (QED) is 0.0948. The minimum absolute atomic E-state index is 0.0516. The van der Waals surface area contributed by atoms with Crippen LogP contribution in [0, 0.1) is 5.92 Å². The molecule has 6 aromatic rings. The van der Waals surface area contributed by atoms with Crippen molar-refractivity contribution in [2.45, 2.75) is 48.7 Å². The van der Waals surface area contributed by atoms with Crippen molar-refractivity contribution in [3.8, 4) is 5.75 Å². The van der Waals surface area contributed by atoms with Crippen LogP contribution in [0.1, 0.15) is 70.6 Å². The molecule has 3 heterocycles. The van der Waals surface area contributed by atoms with Gasteiger partial charge >= 0.3 is 12.0 Å². The molecule has 0 saturated carbocycles. The summed E-state index contributed by atoms with van der Waals surface area (Å²) in [6, 6.07) is 46.7. The van der Waals surface area contributed by atoms with Crippen LogP contribution in [0.15, 0.2) is 170 Å². The maximum Gasteiger partial charge on any atom is 0.329 e. The Morgan fingerprint density at radius 2 is 1.30 bits per heavy atom. The molecule has 0 radical (unpaired) electrons. The standard InChI is InChI=1S/C52H48N4O8/c1-33(34-16-6-2-7-17-34)54-51(62)55-41-25-15-14-24-40(41)52(50(55)61)43(48(59)53-32-42(58)35-18-8-3-9-19-35)45-49(60)64-46(37-22-12-5-13-23-37)44(36-20-10-4-11-21-36)56(45)47(52)38-26-28-39(29-27-38)63-31-30-57/h2-29,33,42-47,57-58H,30-32H2,1H3,(H,53,59)(H,54,62)/t33-,42+,43-,44-,45-,46+,47+,52-/m1/s1. The van der Waals surface area contributed by atoms with Gasteiger partial charge in [0.25, 0.3) is 0 Å². The third-order valence-electron chi connectivity index (χ3n) is 12.7. The van der Waals surface area contributed by atoms with Crippen LogP contribution in [0.3, 0.4) is 0 Å². The number of aliphatic hydroxyl groups is 2. The van der Waals surface area contributed by atoms with E-state index < -0.39 is 71.5 Å². The molecule has 12 nitrogen and oxygen atoms in total. The van der Waals surface area contributed by atoms with Crippen molar-refractivity contribution in [3.63, 3.8) is 0 Å². The summed E-state index contributed by atoms with van der Waals surface area (Å²) in [5.74, 6) is -3.15. The smallest absolute Gasteiger partial charge is 0.329 e. The van der Waals surface area contributed by atoms with Gasteiger partial charge in [-0.3, -0.25) is 19.3 Å². The number of amides is 4. The molecular formula is C52H48N4O8. The highest BCUT2D eigenvalue weighted by atomic mass is 16.6. The fourth-order valence-corrected chi connectivity index (χ4v) is 9.95. The maximum atomic E-state index is 16.3. The van der Waals surface area contributed by atoms with Crippen LogP contribution < -0.4 is 20.3 Å². The minimum Gasteiger partial charge on any atom is -0.491 e. The highest BCUT2D eigenvalue weighted by Crippen LogP contribution is 2.65. The van der Waals surface area contributed by atoms with Crippen molar-refractivity contribution >= 4 is 29.5 Å². The molecule has 3 aliphatic heterocycles. The van der Waals surface area contributed by atoms with Crippen LogP contribution in [0.2, 0.25) is 0 Å². The number of anilines is 1. The number of morpholine rings is 1. The Hall–Kier alpha value is -7.12. The summed E-state index contributed by atoms with van der Waals surface area (Å²) in [6.07, 6.45) is -2.01. The molecule has 0 aliphatic carbocycles. The molecule has 4 amide bonds. The number of hydrogen-bond acceptors (Lipinski definition) is 9. The van der Waals surface area contributed by atoms with Crippen molar-refractivity contribution in [2.24, 2.45) is 5.92 Å². The first-order valence-corrected chi connectivity index (χ1v) is 21.5. The van der Waals surface area contributed by atoms with Crippen molar-refractivity contribution < 1.29 is 38.9 Å². The Labute approximate surface area is 371 Å². The zero-order valence-corrected chi connectivity index (χ0v) is 35.1. The zero-order chi connectivity index (χ0) is 44.4. The zero-order valence-electron chi connectivity index (χ0n) is 35.1. The second-order valence-electron chi connectivity index (χ2n) is 16.3. The Morgan fingerprint density at radius 3 is 1.94 bits per heavy atom. The Kier molecular flexibility index (Phi) is 11.8. The molecule has 2 fully saturated rings. The van der Waals surface area contributed by atoms with Crippen LogP contribution >= 0.6 is 0 Å². The molecule has 4 N–H and O–H groups in total. The number of ether oxygens (including phenoxy) is 2. The molecule has 8 atom stereocenters. The van der Waals surface area contributed by atoms with Gasteiger partial charge in [-0.15, -0.1) is 0 Å². The number of nitrogens with zero attached hydrogens (tertiary/aromatic N) is 2. The van der Waals surface area contributed by atoms with Crippen molar-refractivity contribution in [2.75, 3.05) is 24.7 Å². The summed E-state index contributed by atoms with van der Waals surface area (Å²) >= 11 is 0. The normalized spacial score (nSPS) is 23.4. The van der Waals surface area contributed by atoms with E-state index in [1.807, 2.05) is 109 Å². The third kappa shape index (κ3) is 7.38. The fourth-order valence-electron chi connectivity index (χ4n) is 9.95. The predicted octanol–water partition coefficient (Wildman–Crippen LogP) is 7.04. The number of esters is 1. The van der Waals surface area contributed by atoms with Gasteiger partial charge in [0.15, 0.2) is 0 Å². The average molecular weight is 857 g/mol. The Morgan fingerprint density at radius 1 is 0.719 bits per heavy atom. The van der Waals surface area contributed by atoms with Gasteiger partial charge in [-0.05, 0) is 58.5 Å². The number of benzene rings is 6. The van der Waals surface area contributed by atoms with Gasteiger partial charge in [-0.2, -0.15) is 0 Å². The number of carbonyl (C=O) groups is 4. The lowest BCUT2D eigenvalue weighted by Gasteiger charge is -2.46. The van der Waals surface area contributed by atoms with E-state index in [1.54, 1.807) is 72.8 Å².